The van der Waals surface area contributed by atoms with Crippen molar-refractivity contribution in [3.8, 4) is 0 Å². The van der Waals surface area contributed by atoms with Gasteiger partial charge in [0.25, 0.3) is 5.69 Å². The van der Waals surface area contributed by atoms with E-state index in [1.807, 2.05) is 0 Å². The zero-order valence-electron chi connectivity index (χ0n) is 11.3. The molecule has 1 atom stereocenters. The van der Waals surface area contributed by atoms with Crippen LogP contribution in [-0.4, -0.2) is 20.8 Å². The normalized spacial score (nSPS) is 12.9. The molecule has 1 aromatic rings. The number of amides is 1. The summed E-state index contributed by atoms with van der Waals surface area (Å²) in [5.74, 6) is -0.570. The monoisotopic (exact) mass is 353 g/mol. The van der Waals surface area contributed by atoms with Crippen molar-refractivity contribution in [2.45, 2.75) is 23.8 Å². The Labute approximate surface area is 136 Å². The van der Waals surface area contributed by atoms with E-state index >= 15 is 0 Å². The predicted octanol–water partition coefficient (Wildman–Crippen LogP) is 3.48. The highest BCUT2D eigenvalue weighted by atomic mass is 35.6. The number of carbonyl (C=O) groups excluding carboxylic acids is 1. The topological polar surface area (TPSA) is 84.3 Å². The highest BCUT2D eigenvalue weighted by Gasteiger charge is 2.34. The summed E-state index contributed by atoms with van der Waals surface area (Å²) in [6.45, 7) is 3.41. The number of nitro groups is 1. The smallest absolute Gasteiger partial charge is 0.269 e. The summed E-state index contributed by atoms with van der Waals surface area (Å²) in [6.07, 6.45) is -0.973. The van der Waals surface area contributed by atoms with Gasteiger partial charge in [0, 0.05) is 23.7 Å². The fourth-order valence-electron chi connectivity index (χ4n) is 1.35. The minimum Gasteiger partial charge on any atom is -0.362 e. The van der Waals surface area contributed by atoms with Crippen LogP contribution in [0.15, 0.2) is 24.3 Å². The van der Waals surface area contributed by atoms with E-state index in [-0.39, 0.29) is 17.5 Å². The fourth-order valence-corrected chi connectivity index (χ4v) is 1.68. The van der Waals surface area contributed by atoms with E-state index in [1.54, 1.807) is 13.8 Å². The molecule has 116 valence electrons. The molecule has 1 aromatic carbocycles. The van der Waals surface area contributed by atoms with Crippen molar-refractivity contribution < 1.29 is 9.72 Å². The third-order valence-electron chi connectivity index (χ3n) is 2.53. The molecule has 21 heavy (non-hydrogen) atoms. The van der Waals surface area contributed by atoms with Gasteiger partial charge in [-0.05, 0) is 12.1 Å². The Kier molecular flexibility index (Phi) is 6.07. The van der Waals surface area contributed by atoms with E-state index in [9.17, 15) is 14.9 Å². The van der Waals surface area contributed by atoms with E-state index in [0.717, 1.165) is 0 Å². The van der Waals surface area contributed by atoms with E-state index in [2.05, 4.69) is 10.6 Å². The Bertz CT molecular complexity index is 515. The maximum Gasteiger partial charge on any atom is 0.269 e. The highest BCUT2D eigenvalue weighted by Crippen LogP contribution is 2.31. The van der Waals surface area contributed by atoms with Gasteiger partial charge in [-0.1, -0.05) is 48.7 Å². The van der Waals surface area contributed by atoms with Gasteiger partial charge in [-0.3, -0.25) is 14.9 Å². The Morgan fingerprint density at radius 3 is 2.14 bits per heavy atom. The number of hydrogen-bond donors (Lipinski definition) is 2. The molecule has 0 aliphatic rings. The third kappa shape index (κ3) is 5.57. The summed E-state index contributed by atoms with van der Waals surface area (Å²) in [7, 11) is 0. The number of nitrogens with zero attached hydrogens (tertiary/aromatic N) is 1. The molecule has 0 bridgehead atoms. The molecule has 0 spiro atoms. The number of carbonyl (C=O) groups is 1. The number of halogens is 3. The first kappa shape index (κ1) is 17.8. The summed E-state index contributed by atoms with van der Waals surface area (Å²) >= 11 is 17.5. The van der Waals surface area contributed by atoms with Crippen LogP contribution >= 0.6 is 34.8 Å². The molecule has 0 aromatic heterocycles. The number of anilines is 1. The summed E-state index contributed by atoms with van der Waals surface area (Å²) in [5.41, 5.74) is 0.415. The van der Waals surface area contributed by atoms with Crippen LogP contribution in [0.25, 0.3) is 0 Å². The molecular formula is C12H14Cl3N3O3. The van der Waals surface area contributed by atoms with Crippen LogP contribution < -0.4 is 10.6 Å². The van der Waals surface area contributed by atoms with Gasteiger partial charge in [-0.15, -0.1) is 0 Å². The number of benzene rings is 1. The Balaban J connectivity index is 2.86. The van der Waals surface area contributed by atoms with Gasteiger partial charge < -0.3 is 10.6 Å². The number of rotatable bonds is 5. The lowest BCUT2D eigenvalue weighted by Gasteiger charge is -2.28. The lowest BCUT2D eigenvalue weighted by Crippen LogP contribution is -2.50. The van der Waals surface area contributed by atoms with Crippen molar-refractivity contribution in [1.29, 1.82) is 0 Å². The average Bonchev–Trinajstić information content (AvgIpc) is 2.37. The predicted molar refractivity (Wildman–Crippen MR) is 83.8 cm³/mol. The number of alkyl halides is 3. The van der Waals surface area contributed by atoms with Gasteiger partial charge in [0.15, 0.2) is 0 Å². The lowest BCUT2D eigenvalue weighted by atomic mass is 10.2. The molecule has 2 N–H and O–H groups in total. The van der Waals surface area contributed by atoms with Gasteiger partial charge in [-0.2, -0.15) is 0 Å². The molecule has 6 nitrogen and oxygen atoms in total. The first-order chi connectivity index (χ1) is 9.61. The van der Waals surface area contributed by atoms with E-state index in [0.29, 0.717) is 5.69 Å². The average molecular weight is 355 g/mol. The minimum atomic E-state index is -1.79. The van der Waals surface area contributed by atoms with Crippen molar-refractivity contribution in [2.75, 3.05) is 5.32 Å². The molecule has 1 amide bonds. The largest absolute Gasteiger partial charge is 0.362 e. The second kappa shape index (κ2) is 7.15. The molecule has 0 saturated carbocycles. The fraction of sp³-hybridized carbons (Fsp3) is 0.417. The van der Waals surface area contributed by atoms with Crippen LogP contribution in [-0.2, 0) is 4.79 Å². The van der Waals surface area contributed by atoms with Crippen molar-refractivity contribution in [1.82, 2.24) is 5.32 Å². The SMILES string of the molecule is CC(C)C(=O)N[C@@H](Nc1ccc([N+](=O)[O-])cc1)C(Cl)(Cl)Cl. The van der Waals surface area contributed by atoms with Crippen LogP contribution in [0, 0.1) is 16.0 Å². The van der Waals surface area contributed by atoms with Crippen LogP contribution in [0.3, 0.4) is 0 Å². The van der Waals surface area contributed by atoms with E-state index in [4.69, 9.17) is 34.8 Å². The molecular weight excluding hydrogens is 341 g/mol. The molecule has 0 fully saturated rings. The molecule has 0 heterocycles. The van der Waals surface area contributed by atoms with E-state index in [1.165, 1.54) is 24.3 Å². The second-order valence-electron chi connectivity index (χ2n) is 4.59. The van der Waals surface area contributed by atoms with Crippen molar-refractivity contribution >= 4 is 52.1 Å². The first-order valence-electron chi connectivity index (χ1n) is 5.99. The molecule has 0 aliphatic heterocycles. The number of nitrogens with one attached hydrogen (secondary N) is 2. The van der Waals surface area contributed by atoms with Crippen LogP contribution in [0.1, 0.15) is 13.8 Å². The Morgan fingerprint density at radius 1 is 1.24 bits per heavy atom. The molecule has 1 rings (SSSR count). The minimum absolute atomic E-state index is 0.0581. The maximum atomic E-state index is 11.7. The van der Waals surface area contributed by atoms with Crippen LogP contribution in [0.4, 0.5) is 11.4 Å². The standard InChI is InChI=1S/C12H14Cl3N3O3/c1-7(2)10(19)17-11(12(13,14)15)16-8-3-5-9(6-4-8)18(20)21/h3-7,11,16H,1-2H3,(H,17,19)/t11-/m1/s1. The maximum absolute atomic E-state index is 11.7. The zero-order valence-corrected chi connectivity index (χ0v) is 13.5. The quantitative estimate of drug-likeness (QED) is 0.367. The lowest BCUT2D eigenvalue weighted by molar-refractivity contribution is -0.384. The number of non-ortho nitro benzene ring substituents is 1. The second-order valence-corrected chi connectivity index (χ2v) is 6.96. The van der Waals surface area contributed by atoms with Crippen molar-refractivity contribution in [2.24, 2.45) is 5.92 Å². The molecule has 0 saturated heterocycles. The van der Waals surface area contributed by atoms with Crippen molar-refractivity contribution in [3.05, 3.63) is 34.4 Å². The van der Waals surface area contributed by atoms with Gasteiger partial charge in [0.1, 0.15) is 6.17 Å². The third-order valence-corrected chi connectivity index (χ3v) is 3.18. The molecule has 0 unspecified atom stereocenters. The molecule has 9 heteroatoms. The first-order valence-corrected chi connectivity index (χ1v) is 7.12. The summed E-state index contributed by atoms with van der Waals surface area (Å²) in [5, 5.41) is 16.0. The Morgan fingerprint density at radius 2 is 1.76 bits per heavy atom. The summed E-state index contributed by atoms with van der Waals surface area (Å²) in [4.78, 5) is 21.8. The van der Waals surface area contributed by atoms with Gasteiger partial charge >= 0.3 is 0 Å². The number of hydrogen-bond acceptors (Lipinski definition) is 4. The van der Waals surface area contributed by atoms with Crippen LogP contribution in [0.5, 0.6) is 0 Å². The molecule has 0 radical (unpaired) electrons. The van der Waals surface area contributed by atoms with E-state index < -0.39 is 14.9 Å². The van der Waals surface area contributed by atoms with Gasteiger partial charge in [-0.25, -0.2) is 0 Å². The van der Waals surface area contributed by atoms with Crippen LogP contribution in [0.2, 0.25) is 0 Å². The Hall–Kier alpha value is -1.24. The summed E-state index contributed by atoms with van der Waals surface area (Å²) < 4.78 is -1.79. The molecule has 0 aliphatic carbocycles. The van der Waals surface area contributed by atoms with Crippen molar-refractivity contribution in [3.63, 3.8) is 0 Å². The summed E-state index contributed by atoms with van der Waals surface area (Å²) in [6, 6.07) is 5.54. The van der Waals surface area contributed by atoms with Gasteiger partial charge in [0.2, 0.25) is 9.70 Å². The zero-order chi connectivity index (χ0) is 16.2. The highest BCUT2D eigenvalue weighted by molar-refractivity contribution is 6.68. The number of nitro benzene ring substituents is 1. The van der Waals surface area contributed by atoms with Gasteiger partial charge in [0.05, 0.1) is 4.92 Å².